The number of carboxylic acids is 1. The van der Waals surface area contributed by atoms with Crippen LogP contribution < -0.4 is 15.5 Å². The quantitative estimate of drug-likeness (QED) is 0.716. The number of aromatic nitrogens is 1. The first kappa shape index (κ1) is 17.3. The molecule has 3 rings (SSSR count). The first-order valence-electron chi connectivity index (χ1n) is 7.86. The summed E-state index contributed by atoms with van der Waals surface area (Å²) in [6.07, 6.45) is 1.00. The number of hydroxylamine groups is 1. The molecule has 0 radical (unpaired) electrons. The van der Waals surface area contributed by atoms with E-state index in [0.717, 1.165) is 30.0 Å². The zero-order chi connectivity index (χ0) is 18.3. The van der Waals surface area contributed by atoms with Crippen LogP contribution >= 0.6 is 0 Å². The van der Waals surface area contributed by atoms with Crippen molar-refractivity contribution in [2.45, 2.75) is 0 Å². The molecule has 1 aliphatic heterocycles. The zero-order valence-corrected chi connectivity index (χ0v) is 14.0. The van der Waals surface area contributed by atoms with Crippen LogP contribution in [0.15, 0.2) is 23.1 Å². The highest BCUT2D eigenvalue weighted by atomic mass is 19.1. The second kappa shape index (κ2) is 6.43. The number of fused-ring (bicyclic) bond motifs is 1. The van der Waals surface area contributed by atoms with Crippen molar-refractivity contribution < 1.29 is 19.5 Å². The lowest BCUT2D eigenvalue weighted by molar-refractivity contribution is -0.872. The first-order valence-corrected chi connectivity index (χ1v) is 7.86. The summed E-state index contributed by atoms with van der Waals surface area (Å²) in [6, 6.07) is 2.47. The normalized spacial score (nSPS) is 17.0. The van der Waals surface area contributed by atoms with Crippen LogP contribution in [0.2, 0.25) is 0 Å². The number of benzene rings is 1. The van der Waals surface area contributed by atoms with Crippen molar-refractivity contribution >= 4 is 22.6 Å². The third-order valence-corrected chi connectivity index (χ3v) is 4.49. The van der Waals surface area contributed by atoms with Gasteiger partial charge in [-0.25, -0.2) is 9.18 Å². The summed E-state index contributed by atoms with van der Waals surface area (Å²) >= 11 is 0. The Balaban J connectivity index is 2.22. The molecule has 1 unspecified atom stereocenters. The molecule has 8 nitrogen and oxygen atoms in total. The summed E-state index contributed by atoms with van der Waals surface area (Å²) in [7, 11) is 3.24. The van der Waals surface area contributed by atoms with Gasteiger partial charge in [-0.05, 0) is 19.2 Å². The van der Waals surface area contributed by atoms with Gasteiger partial charge in [0.05, 0.1) is 24.3 Å². The second-order valence-corrected chi connectivity index (χ2v) is 6.18. The largest absolute Gasteiger partial charge is 0.608 e. The molecule has 0 aliphatic carbocycles. The fourth-order valence-corrected chi connectivity index (χ4v) is 3.04. The van der Waals surface area contributed by atoms with Crippen molar-refractivity contribution in [1.29, 1.82) is 0 Å². The summed E-state index contributed by atoms with van der Waals surface area (Å²) in [5.41, 5.74) is -0.853. The Bertz CT molecular complexity index is 888. The molecule has 0 spiro atoms. The van der Waals surface area contributed by atoms with Gasteiger partial charge >= 0.3 is 5.97 Å². The van der Waals surface area contributed by atoms with Gasteiger partial charge in [0.25, 0.3) is 0 Å². The molecule has 1 aromatic heterocycles. The number of hydrogen-bond donors (Lipinski definition) is 2. The maximum Gasteiger partial charge on any atom is 0.341 e. The first-order chi connectivity index (χ1) is 11.8. The third-order valence-electron chi connectivity index (χ3n) is 4.49. The molecule has 134 valence electrons. The summed E-state index contributed by atoms with van der Waals surface area (Å²) in [5, 5.41) is 20.5. The lowest BCUT2D eigenvalue weighted by Gasteiger charge is -2.34. The number of halogens is 1. The van der Waals surface area contributed by atoms with Crippen molar-refractivity contribution in [2.75, 3.05) is 45.2 Å². The van der Waals surface area contributed by atoms with E-state index in [1.165, 1.54) is 13.1 Å². The number of rotatable bonds is 3. The number of likely N-dealkylation sites (N-methyl/N-ethyl adjacent to an activating group) is 1. The molecule has 0 saturated carbocycles. The molecule has 1 aromatic carbocycles. The Labute approximate surface area is 142 Å². The third kappa shape index (κ3) is 3.09. The van der Waals surface area contributed by atoms with Crippen LogP contribution in [0.1, 0.15) is 10.4 Å². The fourth-order valence-electron chi connectivity index (χ4n) is 3.04. The number of carboxylic acid groups (broad SMARTS) is 1. The van der Waals surface area contributed by atoms with Gasteiger partial charge in [-0.2, -0.15) is 4.68 Å². The van der Waals surface area contributed by atoms with Gasteiger partial charge in [0.2, 0.25) is 5.43 Å². The van der Waals surface area contributed by atoms with Gasteiger partial charge in [0.1, 0.15) is 16.9 Å². The predicted molar refractivity (Wildman–Crippen MR) is 90.5 cm³/mol. The monoisotopic (exact) mass is 350 g/mol. The Hall–Kier alpha value is -2.49. The minimum atomic E-state index is -1.45. The Morgan fingerprint density at radius 2 is 1.92 bits per heavy atom. The summed E-state index contributed by atoms with van der Waals surface area (Å²) < 4.78 is 15.7. The van der Waals surface area contributed by atoms with Gasteiger partial charge in [-0.3, -0.25) is 9.97 Å². The molecule has 2 heterocycles. The number of piperazine rings is 1. The van der Waals surface area contributed by atoms with Crippen molar-refractivity contribution in [3.63, 3.8) is 0 Å². The standard InChI is InChI=1S/C16H19FN4O4/c1-18-3-5-20(6-4-18)14-8-13-10(7-12(14)17)15(22)11(16(23)24)9-21(13)19(2)25/h7-9,19H,3-6H2,1-2H3,(H,23,24). The molecule has 9 heteroatoms. The SMILES string of the molecule is CN1CCN(c2cc3c(cc2F)c(=O)c(C(=O)O)cn3[NH+](C)[O-])CC1. The molecular formula is C16H19FN4O4. The number of quaternary nitrogens is 1. The van der Waals surface area contributed by atoms with Gasteiger partial charge in [-0.1, -0.05) is 0 Å². The molecule has 0 amide bonds. The Morgan fingerprint density at radius 3 is 2.48 bits per heavy atom. The van der Waals surface area contributed by atoms with Crippen LogP contribution in [-0.4, -0.2) is 60.9 Å². The highest BCUT2D eigenvalue weighted by molar-refractivity contribution is 5.93. The van der Waals surface area contributed by atoms with E-state index in [-0.39, 0.29) is 10.9 Å². The Kier molecular flexibility index (Phi) is 4.46. The van der Waals surface area contributed by atoms with E-state index in [2.05, 4.69) is 4.90 Å². The van der Waals surface area contributed by atoms with Crippen LogP contribution in [0, 0.1) is 11.0 Å². The number of anilines is 1. The van der Waals surface area contributed by atoms with Crippen LogP contribution in [0.4, 0.5) is 10.1 Å². The number of carbonyl (C=O) groups is 1. The lowest BCUT2D eigenvalue weighted by Crippen LogP contribution is -3.06. The summed E-state index contributed by atoms with van der Waals surface area (Å²) in [6.45, 7) is 2.79. The van der Waals surface area contributed by atoms with Crippen LogP contribution in [0.5, 0.6) is 0 Å². The molecule has 1 fully saturated rings. The van der Waals surface area contributed by atoms with Crippen LogP contribution in [0.25, 0.3) is 10.9 Å². The van der Waals surface area contributed by atoms with Crippen LogP contribution in [-0.2, 0) is 0 Å². The lowest BCUT2D eigenvalue weighted by atomic mass is 10.1. The molecule has 0 bridgehead atoms. The van der Waals surface area contributed by atoms with E-state index in [4.69, 9.17) is 5.11 Å². The van der Waals surface area contributed by atoms with Gasteiger partial charge in [-0.15, -0.1) is 0 Å². The highest BCUT2D eigenvalue weighted by Gasteiger charge is 2.22. The molecule has 1 aliphatic rings. The number of aromatic carboxylic acids is 1. The smallest absolute Gasteiger partial charge is 0.341 e. The molecule has 25 heavy (non-hydrogen) atoms. The summed E-state index contributed by atoms with van der Waals surface area (Å²) in [4.78, 5) is 27.6. The average Bonchev–Trinajstić information content (AvgIpc) is 2.55. The van der Waals surface area contributed by atoms with Crippen molar-refractivity contribution in [3.8, 4) is 0 Å². The molecule has 2 aromatic rings. The van der Waals surface area contributed by atoms with Gasteiger partial charge in [0, 0.05) is 26.2 Å². The average molecular weight is 350 g/mol. The van der Waals surface area contributed by atoms with E-state index < -0.39 is 28.0 Å². The highest BCUT2D eigenvalue weighted by Crippen LogP contribution is 2.25. The maximum atomic E-state index is 14.6. The number of hydrogen-bond acceptors (Lipinski definition) is 5. The second-order valence-electron chi connectivity index (χ2n) is 6.18. The number of nitrogens with zero attached hydrogens (tertiary/aromatic N) is 3. The topological polar surface area (TPSA) is 93.3 Å². The van der Waals surface area contributed by atoms with Gasteiger partial charge < -0.3 is 20.1 Å². The van der Waals surface area contributed by atoms with Crippen LogP contribution in [0.3, 0.4) is 0 Å². The zero-order valence-electron chi connectivity index (χ0n) is 14.0. The minimum absolute atomic E-state index is 0.120. The van der Waals surface area contributed by atoms with E-state index in [9.17, 15) is 19.2 Å². The minimum Gasteiger partial charge on any atom is -0.608 e. The van der Waals surface area contributed by atoms with E-state index in [0.29, 0.717) is 18.8 Å². The maximum absolute atomic E-state index is 14.6. The fraction of sp³-hybridized carbons (Fsp3) is 0.375. The summed E-state index contributed by atoms with van der Waals surface area (Å²) in [5.74, 6) is -2.06. The molecular weight excluding hydrogens is 331 g/mol. The van der Waals surface area contributed by atoms with Crippen molar-refractivity contribution in [3.05, 3.63) is 45.1 Å². The molecule has 1 saturated heterocycles. The molecule has 1 atom stereocenters. The molecule has 2 N–H and O–H groups in total. The number of nitrogens with one attached hydrogen (secondary N) is 1. The van der Waals surface area contributed by atoms with Gasteiger partial charge in [0.15, 0.2) is 0 Å². The predicted octanol–water partition coefficient (Wildman–Crippen LogP) is -0.634. The van der Waals surface area contributed by atoms with Crippen molar-refractivity contribution in [1.82, 2.24) is 9.58 Å². The van der Waals surface area contributed by atoms with E-state index in [1.54, 1.807) is 0 Å². The Morgan fingerprint density at radius 1 is 1.28 bits per heavy atom. The van der Waals surface area contributed by atoms with E-state index in [1.807, 2.05) is 11.9 Å². The van der Waals surface area contributed by atoms with E-state index >= 15 is 0 Å². The van der Waals surface area contributed by atoms with Crippen molar-refractivity contribution in [2.24, 2.45) is 0 Å². The number of pyridine rings is 1.